The van der Waals surface area contributed by atoms with Crippen molar-refractivity contribution < 1.29 is 19.7 Å². The summed E-state index contributed by atoms with van der Waals surface area (Å²) >= 11 is 0. The number of rotatable bonds is 16. The molecule has 0 radical (unpaired) electrons. The van der Waals surface area contributed by atoms with Gasteiger partial charge in [0.05, 0.1) is 13.2 Å². The van der Waals surface area contributed by atoms with Gasteiger partial charge in [-0.05, 0) is 118 Å². The molecule has 1 aliphatic rings. The fourth-order valence-corrected chi connectivity index (χ4v) is 5.19. The minimum atomic E-state index is 0.290. The Labute approximate surface area is 212 Å². The van der Waals surface area contributed by atoms with Crippen molar-refractivity contribution in [2.24, 2.45) is 0 Å². The quantitative estimate of drug-likeness (QED) is 0.246. The molecule has 1 aliphatic carbocycles. The monoisotopic (exact) mass is 482 g/mol. The molecule has 0 atom stereocenters. The number of hydrogen-bond acceptors (Lipinski definition) is 4. The van der Waals surface area contributed by atoms with E-state index in [-0.39, 0.29) is 0 Å². The second-order valence-electron chi connectivity index (χ2n) is 10.1. The van der Waals surface area contributed by atoms with Crippen LogP contribution in [0.4, 0.5) is 0 Å². The van der Waals surface area contributed by atoms with Gasteiger partial charge in [0.15, 0.2) is 0 Å². The van der Waals surface area contributed by atoms with E-state index in [1.54, 1.807) is 0 Å². The summed E-state index contributed by atoms with van der Waals surface area (Å²) in [5, 5.41) is 17.7. The first-order valence-corrected chi connectivity index (χ1v) is 13.9. The number of aliphatic hydroxyl groups excluding tert-OH is 2. The van der Waals surface area contributed by atoms with Crippen LogP contribution in [0.25, 0.3) is 0 Å². The van der Waals surface area contributed by atoms with Crippen molar-refractivity contribution in [3.63, 3.8) is 0 Å². The van der Waals surface area contributed by atoms with Gasteiger partial charge in [-0.1, -0.05) is 37.1 Å². The van der Waals surface area contributed by atoms with Crippen LogP contribution in [-0.4, -0.2) is 36.6 Å². The van der Waals surface area contributed by atoms with E-state index < -0.39 is 0 Å². The number of aliphatic hydroxyl groups is 2. The summed E-state index contributed by atoms with van der Waals surface area (Å²) in [4.78, 5) is 0. The Bertz CT molecular complexity index is 824. The van der Waals surface area contributed by atoms with Gasteiger partial charge in [0.25, 0.3) is 0 Å². The Morgan fingerprint density at radius 1 is 0.629 bits per heavy atom. The average molecular weight is 483 g/mol. The summed E-state index contributed by atoms with van der Waals surface area (Å²) in [5.74, 6) is 3.27. The molecule has 2 aromatic carbocycles. The normalized spacial score (nSPS) is 17.9. The second kappa shape index (κ2) is 15.9. The lowest BCUT2D eigenvalue weighted by Crippen LogP contribution is -2.12. The van der Waals surface area contributed by atoms with E-state index in [4.69, 9.17) is 19.7 Å². The van der Waals surface area contributed by atoms with Gasteiger partial charge >= 0.3 is 0 Å². The number of benzene rings is 2. The van der Waals surface area contributed by atoms with E-state index in [1.807, 2.05) is 0 Å². The van der Waals surface area contributed by atoms with E-state index in [1.165, 1.54) is 42.4 Å². The van der Waals surface area contributed by atoms with Gasteiger partial charge in [0.1, 0.15) is 11.5 Å². The highest BCUT2D eigenvalue weighted by Gasteiger charge is 2.24. The average Bonchev–Trinajstić information content (AvgIpc) is 2.89. The van der Waals surface area contributed by atoms with Crippen LogP contribution in [0, 0.1) is 6.92 Å². The molecule has 0 amide bonds. The summed E-state index contributed by atoms with van der Waals surface area (Å²) in [7, 11) is 0. The maximum absolute atomic E-state index is 8.86. The zero-order valence-corrected chi connectivity index (χ0v) is 21.7. The van der Waals surface area contributed by atoms with Gasteiger partial charge in [-0.15, -0.1) is 0 Å². The molecule has 2 N–H and O–H groups in total. The molecule has 194 valence electrons. The minimum Gasteiger partial charge on any atom is -0.494 e. The largest absolute Gasteiger partial charge is 0.494 e. The maximum atomic E-state index is 8.86. The van der Waals surface area contributed by atoms with Crippen LogP contribution in [0.2, 0.25) is 0 Å². The lowest BCUT2D eigenvalue weighted by molar-refractivity contribution is 0.273. The fourth-order valence-electron chi connectivity index (χ4n) is 5.19. The topological polar surface area (TPSA) is 58.9 Å². The second-order valence-corrected chi connectivity index (χ2v) is 10.1. The molecule has 0 aromatic heterocycles. The molecule has 0 saturated heterocycles. The summed E-state index contributed by atoms with van der Waals surface area (Å²) in [5.41, 5.74) is 4.14. The third kappa shape index (κ3) is 9.50. The third-order valence-corrected chi connectivity index (χ3v) is 7.38. The number of unbranched alkanes of at least 4 members (excludes halogenated alkanes) is 6. The van der Waals surface area contributed by atoms with Crippen LogP contribution in [-0.2, 0) is 0 Å². The molecule has 0 heterocycles. The Hall–Kier alpha value is -2.04. The van der Waals surface area contributed by atoms with Gasteiger partial charge in [0, 0.05) is 13.2 Å². The molecule has 0 bridgehead atoms. The van der Waals surface area contributed by atoms with E-state index in [2.05, 4.69) is 49.4 Å². The first-order valence-electron chi connectivity index (χ1n) is 13.9. The first-order chi connectivity index (χ1) is 17.2. The zero-order chi connectivity index (χ0) is 24.7. The summed E-state index contributed by atoms with van der Waals surface area (Å²) < 4.78 is 11.9. The highest BCUT2D eigenvalue weighted by molar-refractivity contribution is 5.38. The standard InChI is InChI=1S/C31H46O4/c1-25-24-29(16-19-31(25)35-23-9-5-3-7-21-33)28-12-10-26(11-13-28)27-14-17-30(18-15-27)34-22-8-4-2-6-20-32/h14-19,24,26,28,32-33H,2-13,20-23H2,1H3. The summed E-state index contributed by atoms with van der Waals surface area (Å²) in [6.45, 7) is 4.25. The lowest BCUT2D eigenvalue weighted by Gasteiger charge is -2.29. The van der Waals surface area contributed by atoms with Gasteiger partial charge in [-0.25, -0.2) is 0 Å². The van der Waals surface area contributed by atoms with Gasteiger partial charge in [-0.2, -0.15) is 0 Å². The molecule has 3 rings (SSSR count). The number of hydrogen-bond donors (Lipinski definition) is 2. The third-order valence-electron chi connectivity index (χ3n) is 7.38. The number of aryl methyl sites for hydroxylation is 1. The van der Waals surface area contributed by atoms with Crippen LogP contribution < -0.4 is 9.47 Å². The van der Waals surface area contributed by atoms with Crippen molar-refractivity contribution in [3.8, 4) is 11.5 Å². The Kier molecular flexibility index (Phi) is 12.5. The fraction of sp³-hybridized carbons (Fsp3) is 0.613. The van der Waals surface area contributed by atoms with E-state index in [0.29, 0.717) is 25.0 Å². The predicted molar refractivity (Wildman–Crippen MR) is 144 cm³/mol. The Morgan fingerprint density at radius 2 is 1.14 bits per heavy atom. The van der Waals surface area contributed by atoms with Crippen molar-refractivity contribution >= 4 is 0 Å². The van der Waals surface area contributed by atoms with Crippen LogP contribution in [0.1, 0.15) is 106 Å². The molecule has 0 unspecified atom stereocenters. The van der Waals surface area contributed by atoms with Crippen molar-refractivity contribution in [1.29, 1.82) is 0 Å². The zero-order valence-electron chi connectivity index (χ0n) is 21.7. The molecule has 0 aliphatic heterocycles. The van der Waals surface area contributed by atoms with E-state index >= 15 is 0 Å². The molecular weight excluding hydrogens is 436 g/mol. The van der Waals surface area contributed by atoms with E-state index in [9.17, 15) is 0 Å². The lowest BCUT2D eigenvalue weighted by atomic mass is 9.76. The molecule has 4 heteroatoms. The summed E-state index contributed by atoms with van der Waals surface area (Å²) in [6.07, 6.45) is 13.2. The molecule has 35 heavy (non-hydrogen) atoms. The van der Waals surface area contributed by atoms with Crippen molar-refractivity contribution in [2.75, 3.05) is 26.4 Å². The molecule has 0 spiro atoms. The number of ether oxygens (including phenoxy) is 2. The minimum absolute atomic E-state index is 0.290. The van der Waals surface area contributed by atoms with Gasteiger partial charge in [0.2, 0.25) is 0 Å². The van der Waals surface area contributed by atoms with E-state index in [0.717, 1.165) is 76.1 Å². The molecule has 2 aromatic rings. The maximum Gasteiger partial charge on any atom is 0.122 e. The molecular formula is C31H46O4. The highest BCUT2D eigenvalue weighted by Crippen LogP contribution is 2.41. The van der Waals surface area contributed by atoms with Gasteiger partial charge in [-0.3, -0.25) is 0 Å². The van der Waals surface area contributed by atoms with Gasteiger partial charge < -0.3 is 19.7 Å². The van der Waals surface area contributed by atoms with Crippen molar-refractivity contribution in [2.45, 2.75) is 95.8 Å². The first kappa shape index (κ1) is 27.5. The van der Waals surface area contributed by atoms with Crippen molar-refractivity contribution in [3.05, 3.63) is 59.2 Å². The molecule has 1 fully saturated rings. The molecule has 4 nitrogen and oxygen atoms in total. The Morgan fingerprint density at radius 3 is 1.71 bits per heavy atom. The smallest absolute Gasteiger partial charge is 0.122 e. The SMILES string of the molecule is Cc1cc(C2CCC(c3ccc(OCCCCCCO)cc3)CC2)ccc1OCCCCCCO. The van der Waals surface area contributed by atoms with Crippen molar-refractivity contribution in [1.82, 2.24) is 0 Å². The van der Waals surface area contributed by atoms with Crippen LogP contribution in [0.15, 0.2) is 42.5 Å². The predicted octanol–water partition coefficient (Wildman–Crippen LogP) is 7.30. The van der Waals surface area contributed by atoms with Crippen LogP contribution in [0.5, 0.6) is 11.5 Å². The molecule has 1 saturated carbocycles. The summed E-state index contributed by atoms with van der Waals surface area (Å²) in [6, 6.07) is 15.5. The van der Waals surface area contributed by atoms with Crippen LogP contribution in [0.3, 0.4) is 0 Å². The Balaban J connectivity index is 1.39. The highest BCUT2D eigenvalue weighted by atomic mass is 16.5. The van der Waals surface area contributed by atoms with Crippen LogP contribution >= 0.6 is 0 Å².